The van der Waals surface area contributed by atoms with Gasteiger partial charge in [-0.1, -0.05) is 0 Å². The van der Waals surface area contributed by atoms with Gasteiger partial charge in [-0.2, -0.15) is 5.10 Å². The van der Waals surface area contributed by atoms with Crippen molar-refractivity contribution in [2.45, 2.75) is 19.8 Å². The van der Waals surface area contributed by atoms with Gasteiger partial charge in [0.1, 0.15) is 17.1 Å². The Hall–Kier alpha value is -3.17. The van der Waals surface area contributed by atoms with Crippen LogP contribution in [0.5, 0.6) is 5.75 Å². The van der Waals surface area contributed by atoms with Gasteiger partial charge in [-0.05, 0) is 37.3 Å². The number of ether oxygens (including phenoxy) is 1. The second-order valence-corrected chi connectivity index (χ2v) is 5.42. The molecule has 0 atom stereocenters. The molecule has 0 unspecified atom stereocenters. The zero-order valence-electron chi connectivity index (χ0n) is 14.0. The van der Waals surface area contributed by atoms with Gasteiger partial charge in [-0.15, -0.1) is 0 Å². The van der Waals surface area contributed by atoms with Gasteiger partial charge in [-0.25, -0.2) is 27.1 Å². The topological polar surface area (TPSA) is 68.5 Å². The van der Waals surface area contributed by atoms with E-state index >= 15 is 0 Å². The number of benzene rings is 1. The van der Waals surface area contributed by atoms with Crippen LogP contribution in [0.15, 0.2) is 36.4 Å². The third-order valence-electron chi connectivity index (χ3n) is 3.58. The number of halogens is 4. The van der Waals surface area contributed by atoms with E-state index in [1.165, 1.54) is 0 Å². The molecule has 0 saturated carbocycles. The second-order valence-electron chi connectivity index (χ2n) is 5.42. The quantitative estimate of drug-likeness (QED) is 0.647. The zero-order chi connectivity index (χ0) is 19.6. The summed E-state index contributed by atoms with van der Waals surface area (Å²) in [7, 11) is 0. The predicted molar refractivity (Wildman–Crippen MR) is 88.5 cm³/mol. The summed E-state index contributed by atoms with van der Waals surface area (Å²) in [5.41, 5.74) is -1.65. The molecule has 10 heteroatoms. The molecule has 0 aliphatic heterocycles. The molecule has 0 saturated heterocycles. The van der Waals surface area contributed by atoms with Gasteiger partial charge in [0.05, 0.1) is 6.61 Å². The Morgan fingerprint density at radius 1 is 1.15 bits per heavy atom. The molecule has 27 heavy (non-hydrogen) atoms. The number of carbonyl (C=O) groups is 1. The predicted octanol–water partition coefficient (Wildman–Crippen LogP) is 4.26. The minimum atomic E-state index is -3.06. The van der Waals surface area contributed by atoms with Crippen LogP contribution in [-0.4, -0.2) is 27.1 Å². The summed E-state index contributed by atoms with van der Waals surface area (Å²) in [6, 6.07) is 8.13. The number of carbonyl (C=O) groups excluding carboxylic acids is 1. The molecule has 0 bridgehead atoms. The van der Waals surface area contributed by atoms with E-state index in [0.29, 0.717) is 28.6 Å². The molecule has 0 aliphatic rings. The van der Waals surface area contributed by atoms with Crippen molar-refractivity contribution in [1.82, 2.24) is 14.6 Å². The summed E-state index contributed by atoms with van der Waals surface area (Å²) in [5, 5.41) is 6.31. The molecule has 3 aromatic rings. The van der Waals surface area contributed by atoms with Crippen LogP contribution in [0.4, 0.5) is 23.2 Å². The number of alkyl halides is 4. The van der Waals surface area contributed by atoms with Gasteiger partial charge in [0, 0.05) is 11.8 Å². The Bertz CT molecular complexity index is 957. The van der Waals surface area contributed by atoms with E-state index in [9.17, 15) is 22.4 Å². The van der Waals surface area contributed by atoms with E-state index in [0.717, 1.165) is 6.07 Å². The smallest absolute Gasteiger partial charge is 0.280 e. The van der Waals surface area contributed by atoms with E-state index in [1.54, 1.807) is 24.3 Å². The molecule has 1 N–H and O–H groups in total. The summed E-state index contributed by atoms with van der Waals surface area (Å²) in [4.78, 5) is 15.9. The first kappa shape index (κ1) is 18.6. The van der Waals surface area contributed by atoms with Crippen LogP contribution in [-0.2, 0) is 0 Å². The van der Waals surface area contributed by atoms with E-state index in [2.05, 4.69) is 15.4 Å². The van der Waals surface area contributed by atoms with Crippen molar-refractivity contribution in [3.8, 4) is 5.75 Å². The van der Waals surface area contributed by atoms with Gasteiger partial charge in [0.15, 0.2) is 11.3 Å². The molecular weight excluding hydrogens is 368 g/mol. The Morgan fingerprint density at radius 2 is 1.85 bits per heavy atom. The molecule has 1 aromatic carbocycles. The highest BCUT2D eigenvalue weighted by Gasteiger charge is 2.22. The number of hydrogen-bond acceptors (Lipinski definition) is 4. The molecular formula is C17H14F4N4O2. The molecule has 2 heterocycles. The minimum Gasteiger partial charge on any atom is -0.494 e. The van der Waals surface area contributed by atoms with E-state index < -0.39 is 30.1 Å². The standard InChI is InChI=1S/C17H14F4N4O2/c1-2-27-10-5-3-9(4-6-10)22-17(26)12-8-14-23-11(15(18)19)7-13(16(20)21)25(14)24-12/h3-8,15-16H,2H2,1H3,(H,22,26). The second kappa shape index (κ2) is 7.60. The molecule has 0 radical (unpaired) electrons. The third-order valence-corrected chi connectivity index (χ3v) is 3.58. The number of aromatic nitrogens is 3. The van der Waals surface area contributed by atoms with Gasteiger partial charge in [-0.3, -0.25) is 4.79 Å². The van der Waals surface area contributed by atoms with Gasteiger partial charge < -0.3 is 10.1 Å². The number of anilines is 1. The van der Waals surface area contributed by atoms with Crippen LogP contribution < -0.4 is 10.1 Å². The number of fused-ring (bicyclic) bond motifs is 1. The molecule has 0 aliphatic carbocycles. The Kier molecular flexibility index (Phi) is 5.24. The maximum absolute atomic E-state index is 13.2. The van der Waals surface area contributed by atoms with Gasteiger partial charge in [0.25, 0.3) is 18.8 Å². The van der Waals surface area contributed by atoms with Crippen molar-refractivity contribution in [3.63, 3.8) is 0 Å². The monoisotopic (exact) mass is 382 g/mol. The van der Waals surface area contributed by atoms with Crippen molar-refractivity contribution >= 4 is 17.2 Å². The fourth-order valence-corrected chi connectivity index (χ4v) is 2.39. The lowest BCUT2D eigenvalue weighted by Gasteiger charge is -2.06. The lowest BCUT2D eigenvalue weighted by atomic mass is 10.3. The Labute approximate surface area is 150 Å². The van der Waals surface area contributed by atoms with E-state index in [-0.39, 0.29) is 11.3 Å². The van der Waals surface area contributed by atoms with Crippen molar-refractivity contribution in [2.75, 3.05) is 11.9 Å². The summed E-state index contributed by atoms with van der Waals surface area (Å²) in [5.74, 6) is -0.0722. The molecule has 2 aromatic heterocycles. The average molecular weight is 382 g/mol. The summed E-state index contributed by atoms with van der Waals surface area (Å²) in [6.07, 6.45) is -6.08. The zero-order valence-corrected chi connectivity index (χ0v) is 14.0. The van der Waals surface area contributed by atoms with Crippen LogP contribution in [0.1, 0.15) is 41.7 Å². The van der Waals surface area contributed by atoms with Crippen LogP contribution in [0.3, 0.4) is 0 Å². The van der Waals surface area contributed by atoms with Crippen LogP contribution in [0, 0.1) is 0 Å². The first-order valence-corrected chi connectivity index (χ1v) is 7.90. The normalized spacial score (nSPS) is 11.4. The molecule has 0 fully saturated rings. The van der Waals surface area contributed by atoms with Gasteiger partial charge >= 0.3 is 0 Å². The first-order valence-electron chi connectivity index (χ1n) is 7.90. The Morgan fingerprint density at radius 3 is 2.44 bits per heavy atom. The largest absolute Gasteiger partial charge is 0.494 e. The van der Waals surface area contributed by atoms with Crippen molar-refractivity contribution in [1.29, 1.82) is 0 Å². The summed E-state index contributed by atoms with van der Waals surface area (Å²) in [6.45, 7) is 2.33. The van der Waals surface area contributed by atoms with Crippen molar-refractivity contribution in [2.24, 2.45) is 0 Å². The van der Waals surface area contributed by atoms with E-state index in [4.69, 9.17) is 4.74 Å². The highest BCUT2D eigenvalue weighted by Crippen LogP contribution is 2.25. The van der Waals surface area contributed by atoms with Crippen molar-refractivity contribution in [3.05, 3.63) is 53.5 Å². The molecule has 6 nitrogen and oxygen atoms in total. The molecule has 3 rings (SSSR count). The number of nitrogens with one attached hydrogen (secondary N) is 1. The van der Waals surface area contributed by atoms with Crippen LogP contribution in [0.25, 0.3) is 5.65 Å². The number of amides is 1. The highest BCUT2D eigenvalue weighted by atomic mass is 19.3. The SMILES string of the molecule is CCOc1ccc(NC(=O)c2cc3nc(C(F)F)cc(C(F)F)n3n2)cc1. The molecule has 142 valence electrons. The molecule has 0 spiro atoms. The maximum atomic E-state index is 13.2. The van der Waals surface area contributed by atoms with Gasteiger partial charge in [0.2, 0.25) is 0 Å². The molecule has 1 amide bonds. The van der Waals surface area contributed by atoms with E-state index in [1.807, 2.05) is 6.92 Å². The lowest BCUT2D eigenvalue weighted by molar-refractivity contribution is 0.102. The maximum Gasteiger partial charge on any atom is 0.280 e. The fourth-order valence-electron chi connectivity index (χ4n) is 2.39. The summed E-state index contributed by atoms with van der Waals surface area (Å²) < 4.78 is 58.0. The summed E-state index contributed by atoms with van der Waals surface area (Å²) >= 11 is 0. The van der Waals surface area contributed by atoms with Crippen LogP contribution >= 0.6 is 0 Å². The minimum absolute atomic E-state index is 0.232. The van der Waals surface area contributed by atoms with Crippen molar-refractivity contribution < 1.29 is 27.1 Å². The third kappa shape index (κ3) is 3.99. The highest BCUT2D eigenvalue weighted by molar-refractivity contribution is 6.03. The first-order chi connectivity index (χ1) is 12.9. The Balaban J connectivity index is 1.89. The average Bonchev–Trinajstić information content (AvgIpc) is 3.06. The number of nitrogens with zero attached hydrogens (tertiary/aromatic N) is 3. The number of rotatable bonds is 6. The fraction of sp³-hybridized carbons (Fsp3) is 0.235. The number of hydrogen-bond donors (Lipinski definition) is 1. The van der Waals surface area contributed by atoms with Crippen LogP contribution in [0.2, 0.25) is 0 Å². The lowest BCUT2D eigenvalue weighted by Crippen LogP contribution is -2.13.